The minimum absolute atomic E-state index is 0.272. The van der Waals surface area contributed by atoms with Crippen LogP contribution in [0.15, 0.2) is 0 Å². The van der Waals surface area contributed by atoms with Gasteiger partial charge in [0.1, 0.15) is 0 Å². The number of hydrogen-bond donors (Lipinski definition) is 2. The fourth-order valence-electron chi connectivity index (χ4n) is 2.03. The second kappa shape index (κ2) is 4.02. The Hall–Kier alpha value is -1.36. The van der Waals surface area contributed by atoms with Crippen LogP contribution in [0.5, 0.6) is 0 Å². The van der Waals surface area contributed by atoms with Crippen molar-refractivity contribution < 1.29 is 14.6 Å². The fraction of sp³-hybridized carbons (Fsp3) is 0.600. The van der Waals surface area contributed by atoms with E-state index in [1.165, 1.54) is 0 Å². The molecule has 0 bridgehead atoms. The van der Waals surface area contributed by atoms with Gasteiger partial charge >= 0.3 is 5.97 Å². The van der Waals surface area contributed by atoms with Crippen molar-refractivity contribution in [3.05, 3.63) is 17.0 Å². The van der Waals surface area contributed by atoms with Gasteiger partial charge in [-0.15, -0.1) is 0 Å². The van der Waals surface area contributed by atoms with Crippen molar-refractivity contribution in [2.45, 2.75) is 25.9 Å². The van der Waals surface area contributed by atoms with E-state index in [1.807, 2.05) is 0 Å². The molecule has 1 atom stereocenters. The Balaban J connectivity index is 2.22. The number of nitrogens with zero attached hydrogens (tertiary/aromatic N) is 1. The number of carboxylic acids is 1. The van der Waals surface area contributed by atoms with Crippen molar-refractivity contribution in [2.75, 3.05) is 7.11 Å². The van der Waals surface area contributed by atoms with E-state index in [0.717, 1.165) is 23.4 Å². The molecule has 1 aliphatic carbocycles. The highest BCUT2D eigenvalue weighted by Gasteiger charge is 2.27. The van der Waals surface area contributed by atoms with Crippen LogP contribution in [0.3, 0.4) is 0 Å². The molecule has 1 aromatic rings. The molecule has 5 heteroatoms. The molecule has 0 saturated heterocycles. The highest BCUT2D eigenvalue weighted by Crippen LogP contribution is 2.26. The summed E-state index contributed by atoms with van der Waals surface area (Å²) < 4.78 is 5.02. The predicted octanol–water partition coefficient (Wildman–Crippen LogP) is 0.746. The van der Waals surface area contributed by atoms with E-state index < -0.39 is 5.97 Å². The normalized spacial score (nSPS) is 19.9. The molecule has 2 N–H and O–H groups in total. The highest BCUT2D eigenvalue weighted by molar-refractivity contribution is 5.71. The Morgan fingerprint density at radius 1 is 1.73 bits per heavy atom. The molecule has 1 unspecified atom stereocenters. The molecule has 15 heavy (non-hydrogen) atoms. The maximum Gasteiger partial charge on any atom is 0.306 e. The lowest BCUT2D eigenvalue weighted by atomic mass is 9.86. The van der Waals surface area contributed by atoms with Crippen molar-refractivity contribution in [1.29, 1.82) is 0 Å². The van der Waals surface area contributed by atoms with Gasteiger partial charge in [-0.1, -0.05) is 0 Å². The van der Waals surface area contributed by atoms with Gasteiger partial charge < -0.3 is 9.84 Å². The second-order valence-corrected chi connectivity index (χ2v) is 3.84. The number of H-pyrrole nitrogens is 1. The zero-order valence-electron chi connectivity index (χ0n) is 8.62. The maximum absolute atomic E-state index is 10.9. The van der Waals surface area contributed by atoms with E-state index in [-0.39, 0.29) is 5.92 Å². The smallest absolute Gasteiger partial charge is 0.306 e. The number of nitrogens with one attached hydrogen (secondary N) is 1. The van der Waals surface area contributed by atoms with Crippen molar-refractivity contribution in [3.63, 3.8) is 0 Å². The number of hydrogen-bond acceptors (Lipinski definition) is 3. The van der Waals surface area contributed by atoms with Crippen LogP contribution in [0.2, 0.25) is 0 Å². The summed E-state index contributed by atoms with van der Waals surface area (Å²) in [4.78, 5) is 10.9. The van der Waals surface area contributed by atoms with Crippen LogP contribution in [0, 0.1) is 5.92 Å². The van der Waals surface area contributed by atoms with Crippen molar-refractivity contribution >= 4 is 5.97 Å². The van der Waals surface area contributed by atoms with E-state index in [1.54, 1.807) is 7.11 Å². The first-order valence-corrected chi connectivity index (χ1v) is 4.99. The third kappa shape index (κ3) is 1.87. The van der Waals surface area contributed by atoms with Gasteiger partial charge in [-0.05, 0) is 24.8 Å². The van der Waals surface area contributed by atoms with Gasteiger partial charge in [-0.3, -0.25) is 9.89 Å². The molecule has 5 nitrogen and oxygen atoms in total. The number of aromatic amines is 1. The lowest BCUT2D eigenvalue weighted by molar-refractivity contribution is -0.142. The average Bonchev–Trinajstić information content (AvgIpc) is 2.61. The summed E-state index contributed by atoms with van der Waals surface area (Å²) in [6.45, 7) is 0.443. The zero-order chi connectivity index (χ0) is 10.8. The fourth-order valence-corrected chi connectivity index (χ4v) is 2.03. The molecule has 0 spiro atoms. The second-order valence-electron chi connectivity index (χ2n) is 3.84. The van der Waals surface area contributed by atoms with Gasteiger partial charge in [0.2, 0.25) is 0 Å². The van der Waals surface area contributed by atoms with Crippen LogP contribution in [0.25, 0.3) is 0 Å². The number of methoxy groups -OCH3 is 1. The molecule has 0 saturated carbocycles. The van der Waals surface area contributed by atoms with E-state index in [0.29, 0.717) is 19.4 Å². The van der Waals surface area contributed by atoms with Crippen LogP contribution in [0.1, 0.15) is 23.4 Å². The highest BCUT2D eigenvalue weighted by atomic mass is 16.5. The van der Waals surface area contributed by atoms with Crippen molar-refractivity contribution in [3.8, 4) is 0 Å². The molecular weight excluding hydrogens is 196 g/mol. The number of carboxylic acid groups (broad SMARTS) is 1. The summed E-state index contributed by atoms with van der Waals surface area (Å²) in [5.74, 6) is -0.990. The van der Waals surface area contributed by atoms with Gasteiger partial charge in [0.15, 0.2) is 0 Å². The summed E-state index contributed by atoms with van der Waals surface area (Å²) in [6, 6.07) is 0. The first kappa shape index (κ1) is 10.2. The number of aryl methyl sites for hydroxylation is 1. The first-order valence-electron chi connectivity index (χ1n) is 4.99. The van der Waals surface area contributed by atoms with E-state index in [9.17, 15) is 4.79 Å². The summed E-state index contributed by atoms with van der Waals surface area (Å²) in [5.41, 5.74) is 2.95. The Morgan fingerprint density at radius 2 is 2.53 bits per heavy atom. The van der Waals surface area contributed by atoms with Crippen LogP contribution in [-0.2, 0) is 29.0 Å². The molecule has 0 aliphatic heterocycles. The van der Waals surface area contributed by atoms with E-state index >= 15 is 0 Å². The summed E-state index contributed by atoms with van der Waals surface area (Å²) >= 11 is 0. The van der Waals surface area contributed by atoms with Crippen LogP contribution >= 0.6 is 0 Å². The molecular formula is C10H14N2O3. The van der Waals surface area contributed by atoms with Gasteiger partial charge in [-0.2, -0.15) is 5.10 Å². The van der Waals surface area contributed by atoms with Crippen LogP contribution in [-0.4, -0.2) is 28.4 Å². The molecule has 82 valence electrons. The summed E-state index contributed by atoms with van der Waals surface area (Å²) in [6.07, 6.45) is 2.03. The number of aromatic nitrogens is 2. The van der Waals surface area contributed by atoms with Gasteiger partial charge in [0, 0.05) is 12.8 Å². The number of carbonyl (C=O) groups is 1. The minimum Gasteiger partial charge on any atom is -0.481 e. The largest absolute Gasteiger partial charge is 0.481 e. The first-order chi connectivity index (χ1) is 7.22. The summed E-state index contributed by atoms with van der Waals surface area (Å²) in [7, 11) is 1.61. The molecule has 1 heterocycles. The monoisotopic (exact) mass is 210 g/mol. The maximum atomic E-state index is 10.9. The third-order valence-corrected chi connectivity index (χ3v) is 2.86. The Bertz CT molecular complexity index is 373. The van der Waals surface area contributed by atoms with Gasteiger partial charge in [0.25, 0.3) is 0 Å². The lowest BCUT2D eigenvalue weighted by Gasteiger charge is -2.18. The SMILES string of the molecule is COCc1n[nH]c2c1CC(C(=O)O)CC2. The molecule has 0 aromatic carbocycles. The molecule has 2 rings (SSSR count). The number of aliphatic carboxylic acids is 1. The minimum atomic E-state index is -0.717. The molecule has 0 radical (unpaired) electrons. The zero-order valence-corrected chi connectivity index (χ0v) is 8.62. The molecule has 0 fully saturated rings. The van der Waals surface area contributed by atoms with E-state index in [4.69, 9.17) is 9.84 Å². The molecule has 1 aromatic heterocycles. The number of fused-ring (bicyclic) bond motifs is 1. The van der Waals surface area contributed by atoms with Crippen LogP contribution < -0.4 is 0 Å². The van der Waals surface area contributed by atoms with Gasteiger partial charge in [0.05, 0.1) is 18.2 Å². The van der Waals surface area contributed by atoms with Crippen LogP contribution in [0.4, 0.5) is 0 Å². The van der Waals surface area contributed by atoms with Crippen molar-refractivity contribution in [1.82, 2.24) is 10.2 Å². The Morgan fingerprint density at radius 3 is 3.20 bits per heavy atom. The summed E-state index contributed by atoms with van der Waals surface area (Å²) in [5, 5.41) is 16.0. The third-order valence-electron chi connectivity index (χ3n) is 2.86. The number of ether oxygens (including phenoxy) is 1. The van der Waals surface area contributed by atoms with E-state index in [2.05, 4.69) is 10.2 Å². The Kier molecular flexibility index (Phi) is 2.73. The average molecular weight is 210 g/mol. The lowest BCUT2D eigenvalue weighted by Crippen LogP contribution is -2.22. The number of rotatable bonds is 3. The quantitative estimate of drug-likeness (QED) is 0.771. The standard InChI is InChI=1S/C10H14N2O3/c1-15-5-9-7-4-6(10(13)14)2-3-8(7)11-12-9/h6H,2-5H2,1H3,(H,11,12)(H,13,14). The van der Waals surface area contributed by atoms with Gasteiger partial charge in [-0.25, -0.2) is 0 Å². The Labute approximate surface area is 87.4 Å². The molecule has 1 aliphatic rings. The van der Waals surface area contributed by atoms with Crippen molar-refractivity contribution in [2.24, 2.45) is 5.92 Å². The molecule has 0 amide bonds. The topological polar surface area (TPSA) is 75.2 Å². The predicted molar refractivity (Wildman–Crippen MR) is 52.5 cm³/mol.